The van der Waals surface area contributed by atoms with Gasteiger partial charge >= 0.3 is 0 Å². The quantitative estimate of drug-likeness (QED) is 0.700. The SMILES string of the molecule is CNCCCNC(=O)c1cncc(F)c1. The Kier molecular flexibility index (Phi) is 4.70. The molecule has 15 heavy (non-hydrogen) atoms. The molecule has 1 rings (SSSR count). The Bertz CT molecular complexity index is 330. The van der Waals surface area contributed by atoms with Crippen LogP contribution in [0.4, 0.5) is 4.39 Å². The first-order valence-electron chi connectivity index (χ1n) is 4.77. The molecule has 5 heteroatoms. The fourth-order valence-electron chi connectivity index (χ4n) is 1.11. The maximum atomic E-state index is 12.7. The third kappa shape index (κ3) is 4.03. The molecule has 0 fully saturated rings. The summed E-state index contributed by atoms with van der Waals surface area (Å²) in [7, 11) is 1.85. The summed E-state index contributed by atoms with van der Waals surface area (Å²) in [4.78, 5) is 15.0. The van der Waals surface area contributed by atoms with Crippen molar-refractivity contribution >= 4 is 5.91 Å². The van der Waals surface area contributed by atoms with Crippen LogP contribution >= 0.6 is 0 Å². The Morgan fingerprint density at radius 1 is 1.47 bits per heavy atom. The van der Waals surface area contributed by atoms with Crippen molar-refractivity contribution in [2.24, 2.45) is 0 Å². The van der Waals surface area contributed by atoms with Crippen LogP contribution in [0.15, 0.2) is 18.5 Å². The van der Waals surface area contributed by atoms with Crippen LogP contribution in [0, 0.1) is 5.82 Å². The summed E-state index contributed by atoms with van der Waals surface area (Å²) in [5.41, 5.74) is 0.249. The average molecular weight is 211 g/mol. The van der Waals surface area contributed by atoms with Gasteiger partial charge in [-0.2, -0.15) is 0 Å². The van der Waals surface area contributed by atoms with E-state index in [4.69, 9.17) is 0 Å². The number of pyridine rings is 1. The Balaban J connectivity index is 2.40. The first-order chi connectivity index (χ1) is 7.24. The van der Waals surface area contributed by atoms with Crippen LogP contribution in [-0.4, -0.2) is 31.0 Å². The number of nitrogens with zero attached hydrogens (tertiary/aromatic N) is 1. The number of halogens is 1. The second-order valence-corrected chi connectivity index (χ2v) is 3.10. The highest BCUT2D eigenvalue weighted by molar-refractivity contribution is 5.93. The molecule has 0 aliphatic rings. The number of aromatic nitrogens is 1. The molecular weight excluding hydrogens is 197 g/mol. The van der Waals surface area contributed by atoms with E-state index in [0.29, 0.717) is 6.54 Å². The van der Waals surface area contributed by atoms with Crippen LogP contribution in [0.25, 0.3) is 0 Å². The van der Waals surface area contributed by atoms with Gasteiger partial charge in [0.1, 0.15) is 5.82 Å². The fourth-order valence-corrected chi connectivity index (χ4v) is 1.11. The van der Waals surface area contributed by atoms with Gasteiger partial charge in [0, 0.05) is 12.7 Å². The molecule has 0 aliphatic carbocycles. The Hall–Kier alpha value is -1.49. The van der Waals surface area contributed by atoms with Crippen molar-refractivity contribution in [2.75, 3.05) is 20.1 Å². The van der Waals surface area contributed by atoms with Gasteiger partial charge < -0.3 is 10.6 Å². The maximum absolute atomic E-state index is 12.7. The molecule has 0 saturated carbocycles. The van der Waals surface area contributed by atoms with Crippen molar-refractivity contribution in [3.8, 4) is 0 Å². The minimum atomic E-state index is -0.502. The van der Waals surface area contributed by atoms with Crippen molar-refractivity contribution < 1.29 is 9.18 Å². The lowest BCUT2D eigenvalue weighted by Gasteiger charge is -2.04. The largest absolute Gasteiger partial charge is 0.352 e. The van der Waals surface area contributed by atoms with Gasteiger partial charge in [-0.1, -0.05) is 0 Å². The van der Waals surface area contributed by atoms with Gasteiger partial charge in [0.05, 0.1) is 11.8 Å². The van der Waals surface area contributed by atoms with Crippen LogP contribution in [0.3, 0.4) is 0 Å². The first-order valence-corrected chi connectivity index (χ1v) is 4.77. The number of nitrogens with one attached hydrogen (secondary N) is 2. The molecule has 0 atom stereocenters. The van der Waals surface area contributed by atoms with Crippen LogP contribution in [0.5, 0.6) is 0 Å². The van der Waals surface area contributed by atoms with E-state index in [1.165, 1.54) is 12.3 Å². The molecule has 1 amide bonds. The number of hydrogen-bond donors (Lipinski definition) is 2. The number of carbonyl (C=O) groups excluding carboxylic acids is 1. The highest BCUT2D eigenvalue weighted by atomic mass is 19.1. The third-order valence-electron chi connectivity index (χ3n) is 1.86. The van der Waals surface area contributed by atoms with Gasteiger partial charge in [0.15, 0.2) is 0 Å². The highest BCUT2D eigenvalue weighted by Crippen LogP contribution is 2.00. The maximum Gasteiger partial charge on any atom is 0.252 e. The van der Waals surface area contributed by atoms with Crippen molar-refractivity contribution in [3.05, 3.63) is 29.8 Å². The molecule has 0 spiro atoms. The van der Waals surface area contributed by atoms with E-state index in [1.54, 1.807) is 0 Å². The smallest absolute Gasteiger partial charge is 0.252 e. The molecule has 1 aromatic heterocycles. The Labute approximate surface area is 87.9 Å². The minimum absolute atomic E-state index is 0.249. The lowest BCUT2D eigenvalue weighted by Crippen LogP contribution is -2.26. The number of amides is 1. The molecule has 4 nitrogen and oxygen atoms in total. The van der Waals surface area contributed by atoms with E-state index in [-0.39, 0.29) is 11.5 Å². The first kappa shape index (κ1) is 11.6. The lowest BCUT2D eigenvalue weighted by molar-refractivity contribution is 0.0952. The summed E-state index contributed by atoms with van der Waals surface area (Å²) in [5, 5.41) is 5.64. The van der Waals surface area contributed by atoms with Gasteiger partial charge in [0.25, 0.3) is 5.91 Å². The molecule has 0 saturated heterocycles. The molecular formula is C10H14FN3O. The summed E-state index contributed by atoms with van der Waals surface area (Å²) in [6, 6.07) is 1.17. The molecule has 0 bridgehead atoms. The number of carbonyl (C=O) groups is 1. The molecule has 0 aliphatic heterocycles. The lowest BCUT2D eigenvalue weighted by atomic mass is 10.2. The van der Waals surface area contributed by atoms with Crippen LogP contribution in [-0.2, 0) is 0 Å². The predicted molar refractivity (Wildman–Crippen MR) is 55.1 cm³/mol. The number of hydrogen-bond acceptors (Lipinski definition) is 3. The number of rotatable bonds is 5. The van der Waals surface area contributed by atoms with Gasteiger partial charge in [-0.05, 0) is 26.1 Å². The summed E-state index contributed by atoms with van der Waals surface area (Å²) < 4.78 is 12.7. The van der Waals surface area contributed by atoms with Crippen molar-refractivity contribution in [1.82, 2.24) is 15.6 Å². The van der Waals surface area contributed by atoms with E-state index < -0.39 is 5.82 Å². The Morgan fingerprint density at radius 3 is 2.93 bits per heavy atom. The van der Waals surface area contributed by atoms with E-state index in [0.717, 1.165) is 19.2 Å². The van der Waals surface area contributed by atoms with Gasteiger partial charge in [0.2, 0.25) is 0 Å². The summed E-state index contributed by atoms with van der Waals surface area (Å²) in [5.74, 6) is -0.795. The molecule has 1 aromatic rings. The highest BCUT2D eigenvalue weighted by Gasteiger charge is 2.05. The van der Waals surface area contributed by atoms with Gasteiger partial charge in [-0.15, -0.1) is 0 Å². The van der Waals surface area contributed by atoms with Crippen molar-refractivity contribution in [1.29, 1.82) is 0 Å². The second kappa shape index (κ2) is 6.08. The van der Waals surface area contributed by atoms with E-state index >= 15 is 0 Å². The van der Waals surface area contributed by atoms with Crippen molar-refractivity contribution in [2.45, 2.75) is 6.42 Å². The average Bonchev–Trinajstić information content (AvgIpc) is 2.24. The summed E-state index contributed by atoms with van der Waals surface area (Å²) in [6.07, 6.45) is 3.25. The van der Waals surface area contributed by atoms with Crippen LogP contribution in [0.2, 0.25) is 0 Å². The van der Waals surface area contributed by atoms with Crippen molar-refractivity contribution in [3.63, 3.8) is 0 Å². The molecule has 0 radical (unpaired) electrons. The summed E-state index contributed by atoms with van der Waals surface area (Å²) in [6.45, 7) is 1.40. The Morgan fingerprint density at radius 2 is 2.27 bits per heavy atom. The molecule has 0 unspecified atom stereocenters. The minimum Gasteiger partial charge on any atom is -0.352 e. The standard InChI is InChI=1S/C10H14FN3O/c1-12-3-2-4-14-10(15)8-5-9(11)7-13-6-8/h5-7,12H,2-4H2,1H3,(H,14,15). The molecule has 2 N–H and O–H groups in total. The monoisotopic (exact) mass is 211 g/mol. The predicted octanol–water partition coefficient (Wildman–Crippen LogP) is 0.560. The molecule has 82 valence electrons. The van der Waals surface area contributed by atoms with E-state index in [1.807, 2.05) is 7.05 Å². The zero-order chi connectivity index (χ0) is 11.1. The van der Waals surface area contributed by atoms with Gasteiger partial charge in [-0.25, -0.2) is 4.39 Å². The topological polar surface area (TPSA) is 54.0 Å². The van der Waals surface area contributed by atoms with Crippen LogP contribution < -0.4 is 10.6 Å². The fraction of sp³-hybridized carbons (Fsp3) is 0.400. The van der Waals surface area contributed by atoms with E-state index in [9.17, 15) is 9.18 Å². The second-order valence-electron chi connectivity index (χ2n) is 3.10. The molecule has 1 heterocycles. The summed E-state index contributed by atoms with van der Waals surface area (Å²) >= 11 is 0. The molecule has 0 aromatic carbocycles. The third-order valence-corrected chi connectivity index (χ3v) is 1.86. The van der Waals surface area contributed by atoms with Crippen LogP contribution in [0.1, 0.15) is 16.8 Å². The zero-order valence-corrected chi connectivity index (χ0v) is 8.59. The normalized spacial score (nSPS) is 10.0. The zero-order valence-electron chi connectivity index (χ0n) is 8.59. The van der Waals surface area contributed by atoms with Gasteiger partial charge in [-0.3, -0.25) is 9.78 Å². The van der Waals surface area contributed by atoms with E-state index in [2.05, 4.69) is 15.6 Å².